The summed E-state index contributed by atoms with van der Waals surface area (Å²) in [4.78, 5) is 2.23. The molecule has 1 aromatic rings. The third-order valence-electron chi connectivity index (χ3n) is 3.12. The van der Waals surface area contributed by atoms with Gasteiger partial charge < -0.3 is 14.6 Å². The molecule has 0 aliphatic rings. The van der Waals surface area contributed by atoms with E-state index in [9.17, 15) is 5.11 Å². The van der Waals surface area contributed by atoms with Crippen molar-refractivity contribution in [1.29, 1.82) is 0 Å². The first kappa shape index (κ1) is 16.8. The minimum atomic E-state index is -0.715. The first-order valence-electron chi connectivity index (χ1n) is 6.93. The number of nitrogens with zero attached hydrogens (tertiary/aromatic N) is 1. The smallest absolute Gasteiger partial charge is 0.122 e. The SMILES string of the molecule is COc1cc(CN(CC(C)(C)O)C(C)C)cc(OC)c1. The zero-order valence-corrected chi connectivity index (χ0v) is 13.4. The average molecular weight is 281 g/mol. The van der Waals surface area contributed by atoms with Crippen molar-refractivity contribution < 1.29 is 14.6 Å². The first-order chi connectivity index (χ1) is 9.25. The van der Waals surface area contributed by atoms with Crippen LogP contribution in [0.3, 0.4) is 0 Å². The molecule has 0 saturated carbocycles. The van der Waals surface area contributed by atoms with E-state index < -0.39 is 5.60 Å². The Morgan fingerprint density at radius 1 is 1.10 bits per heavy atom. The summed E-state index contributed by atoms with van der Waals surface area (Å²) >= 11 is 0. The lowest BCUT2D eigenvalue weighted by molar-refractivity contribution is 0.0225. The predicted molar refractivity (Wildman–Crippen MR) is 81.4 cm³/mol. The summed E-state index contributed by atoms with van der Waals surface area (Å²) < 4.78 is 10.6. The average Bonchev–Trinajstić information content (AvgIpc) is 2.35. The summed E-state index contributed by atoms with van der Waals surface area (Å²) in [6, 6.07) is 6.21. The molecule has 0 atom stereocenters. The summed E-state index contributed by atoms with van der Waals surface area (Å²) in [5.41, 5.74) is 0.395. The molecule has 0 heterocycles. The summed E-state index contributed by atoms with van der Waals surface area (Å²) in [5, 5.41) is 10.0. The van der Waals surface area contributed by atoms with Crippen LogP contribution in [-0.4, -0.2) is 42.4 Å². The Kier molecular flexibility index (Phi) is 5.84. The van der Waals surface area contributed by atoms with Gasteiger partial charge >= 0.3 is 0 Å². The van der Waals surface area contributed by atoms with E-state index in [-0.39, 0.29) is 0 Å². The molecule has 0 saturated heterocycles. The Morgan fingerprint density at radius 2 is 1.60 bits per heavy atom. The van der Waals surface area contributed by atoms with E-state index in [1.165, 1.54) is 0 Å². The van der Waals surface area contributed by atoms with E-state index >= 15 is 0 Å². The summed E-state index contributed by atoms with van der Waals surface area (Å²) in [5.74, 6) is 1.57. The van der Waals surface area contributed by atoms with Gasteiger partial charge in [-0.1, -0.05) is 0 Å². The Hall–Kier alpha value is -1.26. The maximum atomic E-state index is 10.0. The van der Waals surface area contributed by atoms with Crippen LogP contribution in [0.1, 0.15) is 33.3 Å². The Bertz CT molecular complexity index is 402. The highest BCUT2D eigenvalue weighted by atomic mass is 16.5. The second-order valence-corrected chi connectivity index (χ2v) is 6.03. The van der Waals surface area contributed by atoms with Crippen molar-refractivity contribution in [3.8, 4) is 11.5 Å². The van der Waals surface area contributed by atoms with Crippen LogP contribution >= 0.6 is 0 Å². The van der Waals surface area contributed by atoms with Crippen molar-refractivity contribution in [2.24, 2.45) is 0 Å². The standard InChI is InChI=1S/C16H27NO3/c1-12(2)17(11-16(3,4)18)10-13-7-14(19-5)9-15(8-13)20-6/h7-9,12,18H,10-11H2,1-6H3. The van der Waals surface area contributed by atoms with Gasteiger partial charge in [0.25, 0.3) is 0 Å². The number of methoxy groups -OCH3 is 2. The third-order valence-corrected chi connectivity index (χ3v) is 3.12. The van der Waals surface area contributed by atoms with E-state index in [0.29, 0.717) is 12.6 Å². The predicted octanol–water partition coefficient (Wildman–Crippen LogP) is 2.69. The van der Waals surface area contributed by atoms with Gasteiger partial charge in [-0.15, -0.1) is 0 Å². The summed E-state index contributed by atoms with van der Waals surface area (Å²) in [6.45, 7) is 9.27. The molecule has 1 aromatic carbocycles. The van der Waals surface area contributed by atoms with Crippen molar-refractivity contribution in [1.82, 2.24) is 4.90 Å². The molecule has 0 radical (unpaired) electrons. The van der Waals surface area contributed by atoms with Crippen LogP contribution in [0.5, 0.6) is 11.5 Å². The normalized spacial score (nSPS) is 12.1. The maximum Gasteiger partial charge on any atom is 0.122 e. The molecular formula is C16H27NO3. The van der Waals surface area contributed by atoms with Crippen molar-refractivity contribution in [3.05, 3.63) is 23.8 Å². The molecule has 0 spiro atoms. The lowest BCUT2D eigenvalue weighted by atomic mass is 10.1. The topological polar surface area (TPSA) is 41.9 Å². The van der Waals surface area contributed by atoms with Crippen molar-refractivity contribution >= 4 is 0 Å². The largest absolute Gasteiger partial charge is 0.497 e. The fourth-order valence-electron chi connectivity index (χ4n) is 2.11. The third kappa shape index (κ3) is 5.39. The highest BCUT2D eigenvalue weighted by Crippen LogP contribution is 2.24. The highest BCUT2D eigenvalue weighted by Gasteiger charge is 2.20. The van der Waals surface area contributed by atoms with Crippen LogP contribution in [-0.2, 0) is 6.54 Å². The molecule has 0 unspecified atom stereocenters. The second kappa shape index (κ2) is 6.95. The van der Waals surface area contributed by atoms with Crippen LogP contribution in [0.25, 0.3) is 0 Å². The van der Waals surface area contributed by atoms with Gasteiger partial charge in [-0.2, -0.15) is 0 Å². The minimum absolute atomic E-state index is 0.346. The molecule has 114 valence electrons. The molecule has 4 nitrogen and oxygen atoms in total. The summed E-state index contributed by atoms with van der Waals surface area (Å²) in [6.07, 6.45) is 0. The van der Waals surface area contributed by atoms with E-state index in [2.05, 4.69) is 18.7 Å². The van der Waals surface area contributed by atoms with Gasteiger partial charge in [0.05, 0.1) is 19.8 Å². The van der Waals surface area contributed by atoms with Gasteiger partial charge in [-0.3, -0.25) is 4.90 Å². The number of hydrogen-bond acceptors (Lipinski definition) is 4. The molecule has 1 N–H and O–H groups in total. The van der Waals surface area contributed by atoms with E-state index in [1.54, 1.807) is 14.2 Å². The lowest BCUT2D eigenvalue weighted by Crippen LogP contribution is -2.41. The van der Waals surface area contributed by atoms with E-state index in [0.717, 1.165) is 23.6 Å². The zero-order chi connectivity index (χ0) is 15.3. The van der Waals surface area contributed by atoms with Gasteiger partial charge in [0, 0.05) is 25.2 Å². The molecule has 20 heavy (non-hydrogen) atoms. The van der Waals surface area contributed by atoms with Crippen molar-refractivity contribution in [3.63, 3.8) is 0 Å². The second-order valence-electron chi connectivity index (χ2n) is 6.03. The van der Waals surface area contributed by atoms with Gasteiger partial charge in [-0.25, -0.2) is 0 Å². The molecular weight excluding hydrogens is 254 g/mol. The number of ether oxygens (including phenoxy) is 2. The minimum Gasteiger partial charge on any atom is -0.497 e. The fourth-order valence-corrected chi connectivity index (χ4v) is 2.11. The molecule has 0 amide bonds. The number of hydrogen-bond donors (Lipinski definition) is 1. The van der Waals surface area contributed by atoms with Gasteiger partial charge in [0.2, 0.25) is 0 Å². The molecule has 0 aliphatic heterocycles. The number of benzene rings is 1. The van der Waals surface area contributed by atoms with E-state index in [1.807, 2.05) is 32.0 Å². The Labute approximate surface area is 122 Å². The Balaban J connectivity index is 2.93. The first-order valence-corrected chi connectivity index (χ1v) is 6.93. The molecule has 0 aromatic heterocycles. The summed E-state index contributed by atoms with van der Waals surface area (Å²) in [7, 11) is 3.30. The molecule has 0 aliphatic carbocycles. The highest BCUT2D eigenvalue weighted by molar-refractivity contribution is 5.38. The van der Waals surface area contributed by atoms with Crippen LogP contribution in [0.2, 0.25) is 0 Å². The van der Waals surface area contributed by atoms with Gasteiger partial charge in [0.1, 0.15) is 11.5 Å². The zero-order valence-electron chi connectivity index (χ0n) is 13.4. The number of rotatable bonds is 7. The van der Waals surface area contributed by atoms with Gasteiger partial charge in [-0.05, 0) is 45.4 Å². The monoisotopic (exact) mass is 281 g/mol. The molecule has 0 fully saturated rings. The van der Waals surface area contributed by atoms with Crippen LogP contribution in [0.4, 0.5) is 0 Å². The van der Waals surface area contributed by atoms with E-state index in [4.69, 9.17) is 9.47 Å². The van der Waals surface area contributed by atoms with Crippen molar-refractivity contribution in [2.75, 3.05) is 20.8 Å². The van der Waals surface area contributed by atoms with Crippen molar-refractivity contribution in [2.45, 2.75) is 45.9 Å². The van der Waals surface area contributed by atoms with Gasteiger partial charge in [0.15, 0.2) is 0 Å². The fraction of sp³-hybridized carbons (Fsp3) is 0.625. The maximum absolute atomic E-state index is 10.0. The van der Waals surface area contributed by atoms with Crippen LogP contribution < -0.4 is 9.47 Å². The molecule has 4 heteroatoms. The number of aliphatic hydroxyl groups is 1. The quantitative estimate of drug-likeness (QED) is 0.834. The van der Waals surface area contributed by atoms with Crippen LogP contribution in [0.15, 0.2) is 18.2 Å². The molecule has 0 bridgehead atoms. The Morgan fingerprint density at radius 3 is 1.95 bits per heavy atom. The molecule has 1 rings (SSSR count). The lowest BCUT2D eigenvalue weighted by Gasteiger charge is -2.32. The van der Waals surface area contributed by atoms with Crippen LogP contribution in [0, 0.1) is 0 Å².